The molecule has 6 nitrogen and oxygen atoms in total. The van der Waals surface area contributed by atoms with E-state index in [4.69, 9.17) is 16.3 Å². The van der Waals surface area contributed by atoms with E-state index in [1.807, 2.05) is 41.6 Å². The molecule has 3 heterocycles. The lowest BCUT2D eigenvalue weighted by atomic mass is 10.2. The van der Waals surface area contributed by atoms with E-state index in [1.165, 1.54) is 5.56 Å². The lowest BCUT2D eigenvalue weighted by molar-refractivity contribution is -0.135. The van der Waals surface area contributed by atoms with Crippen molar-refractivity contribution in [3.05, 3.63) is 65.6 Å². The molecule has 0 atom stereocenters. The molecule has 144 valence electrons. The van der Waals surface area contributed by atoms with Gasteiger partial charge in [-0.3, -0.25) is 19.7 Å². The zero-order chi connectivity index (χ0) is 19.3. The van der Waals surface area contributed by atoms with Crippen LogP contribution < -0.4 is 4.74 Å². The van der Waals surface area contributed by atoms with Crippen LogP contribution in [0.25, 0.3) is 10.9 Å². The van der Waals surface area contributed by atoms with Gasteiger partial charge in [0.15, 0.2) is 6.61 Å². The molecular formula is C21H21ClN4O2. The molecule has 4 rings (SSSR count). The lowest BCUT2D eigenvalue weighted by Crippen LogP contribution is -2.49. The normalized spacial score (nSPS) is 15.0. The van der Waals surface area contributed by atoms with Gasteiger partial charge in [0.2, 0.25) is 0 Å². The first-order valence-corrected chi connectivity index (χ1v) is 9.63. The Morgan fingerprint density at radius 2 is 1.82 bits per heavy atom. The van der Waals surface area contributed by atoms with Crippen molar-refractivity contribution < 1.29 is 9.53 Å². The number of hydrogen-bond donors (Lipinski definition) is 0. The molecule has 7 heteroatoms. The second kappa shape index (κ2) is 8.54. The standard InChI is InChI=1S/C21H21ClN4O2/c22-18-3-4-19(21-17(18)2-1-7-24-21)28-15-20(27)26-12-10-25(11-13-26)14-16-5-8-23-9-6-16/h1-9H,10-15H2. The molecule has 1 aliphatic rings. The zero-order valence-electron chi connectivity index (χ0n) is 15.4. The third kappa shape index (κ3) is 4.24. The second-order valence-corrected chi connectivity index (χ2v) is 7.15. The number of amides is 1. The highest BCUT2D eigenvalue weighted by atomic mass is 35.5. The quantitative estimate of drug-likeness (QED) is 0.663. The van der Waals surface area contributed by atoms with Crippen LogP contribution in [0.15, 0.2) is 55.0 Å². The van der Waals surface area contributed by atoms with E-state index in [0.717, 1.165) is 25.0 Å². The van der Waals surface area contributed by atoms with Crippen LogP contribution in [0.5, 0.6) is 5.75 Å². The summed E-state index contributed by atoms with van der Waals surface area (Å²) in [6.45, 7) is 3.97. The molecule has 3 aromatic rings. The molecule has 0 saturated carbocycles. The highest BCUT2D eigenvalue weighted by Crippen LogP contribution is 2.29. The van der Waals surface area contributed by atoms with Gasteiger partial charge >= 0.3 is 0 Å². The van der Waals surface area contributed by atoms with Crippen molar-refractivity contribution in [1.29, 1.82) is 0 Å². The van der Waals surface area contributed by atoms with E-state index in [2.05, 4.69) is 14.9 Å². The number of hydrogen-bond acceptors (Lipinski definition) is 5. The number of piperazine rings is 1. The minimum Gasteiger partial charge on any atom is -0.481 e. The fraction of sp³-hybridized carbons (Fsp3) is 0.286. The van der Waals surface area contributed by atoms with Crippen LogP contribution in [0.2, 0.25) is 5.02 Å². The minimum atomic E-state index is -0.0115. The maximum atomic E-state index is 12.6. The Bertz CT molecular complexity index is 959. The predicted octanol–water partition coefficient (Wildman–Crippen LogP) is 3.01. The first-order chi connectivity index (χ1) is 13.7. The maximum Gasteiger partial charge on any atom is 0.260 e. The Labute approximate surface area is 168 Å². The minimum absolute atomic E-state index is 0.00232. The number of aromatic nitrogens is 2. The Hall–Kier alpha value is -2.70. The second-order valence-electron chi connectivity index (χ2n) is 6.75. The maximum absolute atomic E-state index is 12.6. The number of ether oxygens (including phenoxy) is 1. The van der Waals surface area contributed by atoms with Gasteiger partial charge in [0.25, 0.3) is 5.91 Å². The van der Waals surface area contributed by atoms with Crippen LogP contribution in [0.3, 0.4) is 0 Å². The average molecular weight is 397 g/mol. The average Bonchev–Trinajstić information content (AvgIpc) is 2.74. The van der Waals surface area contributed by atoms with E-state index in [0.29, 0.717) is 29.4 Å². The van der Waals surface area contributed by atoms with E-state index in [-0.39, 0.29) is 12.5 Å². The summed E-state index contributed by atoms with van der Waals surface area (Å²) in [6.07, 6.45) is 5.30. The van der Waals surface area contributed by atoms with Crippen molar-refractivity contribution in [2.75, 3.05) is 32.8 Å². The van der Waals surface area contributed by atoms with Crippen LogP contribution in [0.1, 0.15) is 5.56 Å². The van der Waals surface area contributed by atoms with Crippen molar-refractivity contribution in [1.82, 2.24) is 19.8 Å². The predicted molar refractivity (Wildman–Crippen MR) is 108 cm³/mol. The van der Waals surface area contributed by atoms with Gasteiger partial charge in [0, 0.05) is 56.7 Å². The van der Waals surface area contributed by atoms with Crippen molar-refractivity contribution >= 4 is 28.4 Å². The van der Waals surface area contributed by atoms with Crippen molar-refractivity contribution in [3.63, 3.8) is 0 Å². The van der Waals surface area contributed by atoms with Gasteiger partial charge in [-0.1, -0.05) is 11.6 Å². The highest BCUT2D eigenvalue weighted by Gasteiger charge is 2.21. The van der Waals surface area contributed by atoms with Gasteiger partial charge in [0.1, 0.15) is 11.3 Å². The molecule has 0 spiro atoms. The van der Waals surface area contributed by atoms with Crippen LogP contribution >= 0.6 is 11.6 Å². The van der Waals surface area contributed by atoms with Gasteiger partial charge in [-0.15, -0.1) is 0 Å². The summed E-state index contributed by atoms with van der Waals surface area (Å²) >= 11 is 6.21. The number of halogens is 1. The molecule has 1 aromatic carbocycles. The molecule has 0 bridgehead atoms. The fourth-order valence-electron chi connectivity index (χ4n) is 3.36. The third-order valence-corrected chi connectivity index (χ3v) is 5.24. The summed E-state index contributed by atoms with van der Waals surface area (Å²) in [5.41, 5.74) is 1.91. The number of rotatable bonds is 5. The van der Waals surface area contributed by atoms with Crippen LogP contribution in [0.4, 0.5) is 0 Å². The van der Waals surface area contributed by atoms with Gasteiger partial charge in [0.05, 0.1) is 5.02 Å². The molecule has 1 fully saturated rings. The number of carbonyl (C=O) groups is 1. The summed E-state index contributed by atoms with van der Waals surface area (Å²) in [5.74, 6) is 0.562. The first-order valence-electron chi connectivity index (χ1n) is 9.26. The molecule has 0 aliphatic carbocycles. The first kappa shape index (κ1) is 18.7. The number of carbonyl (C=O) groups excluding carboxylic acids is 1. The van der Waals surface area contributed by atoms with Crippen LogP contribution in [-0.2, 0) is 11.3 Å². The SMILES string of the molecule is O=C(COc1ccc(Cl)c2cccnc12)N1CCN(Cc2ccncc2)CC1. The monoisotopic (exact) mass is 396 g/mol. The van der Waals surface area contributed by atoms with Crippen molar-refractivity contribution in [2.24, 2.45) is 0 Å². The molecule has 2 aromatic heterocycles. The summed E-state index contributed by atoms with van der Waals surface area (Å²) < 4.78 is 5.78. The molecular weight excluding hydrogens is 376 g/mol. The van der Waals surface area contributed by atoms with Gasteiger partial charge < -0.3 is 9.64 Å². The van der Waals surface area contributed by atoms with Gasteiger partial charge in [-0.25, -0.2) is 0 Å². The number of nitrogens with zero attached hydrogens (tertiary/aromatic N) is 4. The Morgan fingerprint density at radius 3 is 2.61 bits per heavy atom. The summed E-state index contributed by atoms with van der Waals surface area (Å²) in [7, 11) is 0. The van der Waals surface area contributed by atoms with Crippen LogP contribution in [-0.4, -0.2) is 58.5 Å². The third-order valence-electron chi connectivity index (χ3n) is 4.91. The van der Waals surface area contributed by atoms with E-state index < -0.39 is 0 Å². The highest BCUT2D eigenvalue weighted by molar-refractivity contribution is 6.35. The Balaban J connectivity index is 1.31. The number of fused-ring (bicyclic) bond motifs is 1. The Morgan fingerprint density at radius 1 is 1.04 bits per heavy atom. The Kier molecular flexibility index (Phi) is 5.69. The fourth-order valence-corrected chi connectivity index (χ4v) is 3.58. The molecule has 28 heavy (non-hydrogen) atoms. The molecule has 1 amide bonds. The zero-order valence-corrected chi connectivity index (χ0v) is 16.2. The van der Waals surface area contributed by atoms with E-state index in [1.54, 1.807) is 18.3 Å². The number of pyridine rings is 2. The summed E-state index contributed by atoms with van der Waals surface area (Å²) in [4.78, 5) is 25.1. The number of benzene rings is 1. The van der Waals surface area contributed by atoms with Crippen LogP contribution in [0, 0.1) is 0 Å². The van der Waals surface area contributed by atoms with Gasteiger partial charge in [-0.2, -0.15) is 0 Å². The molecule has 0 N–H and O–H groups in total. The molecule has 1 saturated heterocycles. The molecule has 0 radical (unpaired) electrons. The van der Waals surface area contributed by atoms with Gasteiger partial charge in [-0.05, 0) is 42.0 Å². The molecule has 0 unspecified atom stereocenters. The topological polar surface area (TPSA) is 58.6 Å². The summed E-state index contributed by atoms with van der Waals surface area (Å²) in [5, 5.41) is 1.44. The lowest BCUT2D eigenvalue weighted by Gasteiger charge is -2.34. The largest absolute Gasteiger partial charge is 0.481 e. The summed E-state index contributed by atoms with van der Waals surface area (Å²) in [6, 6.07) is 11.3. The smallest absolute Gasteiger partial charge is 0.260 e. The van der Waals surface area contributed by atoms with Crippen molar-refractivity contribution in [3.8, 4) is 5.75 Å². The van der Waals surface area contributed by atoms with E-state index >= 15 is 0 Å². The molecule has 1 aliphatic heterocycles. The van der Waals surface area contributed by atoms with Crippen molar-refractivity contribution in [2.45, 2.75) is 6.54 Å². The van der Waals surface area contributed by atoms with E-state index in [9.17, 15) is 4.79 Å².